The zero-order valence-corrected chi connectivity index (χ0v) is 20.5. The van der Waals surface area contributed by atoms with Gasteiger partial charge in [0.05, 0.1) is 40.1 Å². The maximum atomic E-state index is 6.17. The summed E-state index contributed by atoms with van der Waals surface area (Å²) in [7, 11) is 4.94. The number of methoxy groups -OCH3 is 3. The number of hydrogen-bond donors (Lipinski definition) is 0. The summed E-state index contributed by atoms with van der Waals surface area (Å²) < 4.78 is 22.6. The molecule has 0 aliphatic rings. The molecule has 0 bridgehead atoms. The molecule has 0 saturated carbocycles. The zero-order chi connectivity index (χ0) is 22.5. The van der Waals surface area contributed by atoms with Crippen LogP contribution in [0.2, 0.25) is 0 Å². The summed E-state index contributed by atoms with van der Waals surface area (Å²) in [6.45, 7) is 19.4. The van der Waals surface area contributed by atoms with Crippen LogP contribution in [0.3, 0.4) is 0 Å². The number of ether oxygens (including phenoxy) is 4. The fourth-order valence-electron chi connectivity index (χ4n) is 3.67. The number of rotatable bonds is 9. The lowest BCUT2D eigenvalue weighted by atomic mass is 9.62. The topological polar surface area (TPSA) is 36.9 Å². The van der Waals surface area contributed by atoms with E-state index in [-0.39, 0.29) is 16.2 Å². The summed E-state index contributed by atoms with van der Waals surface area (Å²) in [5.41, 5.74) is 2.47. The SMILES string of the molecule is COc1cc(OC)c(/C(C)=C/COCC(C)(CC(C)(C)C)C(C)(C)C)c(OC)c1. The molecule has 1 unspecified atom stereocenters. The normalized spacial score (nSPS) is 15.1. The summed E-state index contributed by atoms with van der Waals surface area (Å²) in [6, 6.07) is 3.74. The van der Waals surface area contributed by atoms with Crippen LogP contribution in [0.1, 0.15) is 67.4 Å². The van der Waals surface area contributed by atoms with Gasteiger partial charge in [0.15, 0.2) is 0 Å². The molecule has 0 N–H and O–H groups in total. The smallest absolute Gasteiger partial charge is 0.133 e. The molecule has 0 heterocycles. The Hall–Kier alpha value is -1.68. The second-order valence-corrected chi connectivity index (χ2v) is 10.4. The van der Waals surface area contributed by atoms with Gasteiger partial charge in [0.25, 0.3) is 0 Å². The number of hydrogen-bond acceptors (Lipinski definition) is 4. The van der Waals surface area contributed by atoms with Gasteiger partial charge < -0.3 is 18.9 Å². The minimum Gasteiger partial charge on any atom is -0.496 e. The van der Waals surface area contributed by atoms with E-state index in [1.807, 2.05) is 19.1 Å². The van der Waals surface area contributed by atoms with Crippen LogP contribution in [-0.2, 0) is 4.74 Å². The van der Waals surface area contributed by atoms with Gasteiger partial charge in [0.1, 0.15) is 17.2 Å². The lowest BCUT2D eigenvalue weighted by Gasteiger charge is -2.45. The Morgan fingerprint density at radius 1 is 0.862 bits per heavy atom. The van der Waals surface area contributed by atoms with Crippen LogP contribution in [0, 0.1) is 16.2 Å². The fourth-order valence-corrected chi connectivity index (χ4v) is 3.67. The van der Waals surface area contributed by atoms with E-state index in [2.05, 4.69) is 54.5 Å². The van der Waals surface area contributed by atoms with Gasteiger partial charge in [0, 0.05) is 12.1 Å². The van der Waals surface area contributed by atoms with Crippen molar-refractivity contribution in [3.8, 4) is 17.2 Å². The first-order valence-corrected chi connectivity index (χ1v) is 10.3. The molecular weight excluding hydrogens is 364 g/mol. The van der Waals surface area contributed by atoms with Gasteiger partial charge >= 0.3 is 0 Å². The molecule has 4 nitrogen and oxygen atoms in total. The molecule has 0 saturated heterocycles. The van der Waals surface area contributed by atoms with Crippen molar-refractivity contribution in [2.45, 2.75) is 61.8 Å². The summed E-state index contributed by atoms with van der Waals surface area (Å²) in [6.07, 6.45) is 3.19. The van der Waals surface area contributed by atoms with E-state index >= 15 is 0 Å². The Labute approximate surface area is 178 Å². The Bertz CT molecular complexity index is 667. The van der Waals surface area contributed by atoms with E-state index in [0.717, 1.165) is 29.1 Å². The van der Waals surface area contributed by atoms with Crippen molar-refractivity contribution in [1.82, 2.24) is 0 Å². The molecule has 1 aromatic carbocycles. The maximum absolute atomic E-state index is 6.17. The van der Waals surface area contributed by atoms with Crippen LogP contribution >= 0.6 is 0 Å². The second-order valence-electron chi connectivity index (χ2n) is 10.4. The van der Waals surface area contributed by atoms with Crippen molar-refractivity contribution in [2.75, 3.05) is 34.5 Å². The van der Waals surface area contributed by atoms with Crippen LogP contribution in [0.5, 0.6) is 17.2 Å². The molecule has 0 fully saturated rings. The highest BCUT2D eigenvalue weighted by molar-refractivity contribution is 5.75. The molecule has 0 aliphatic carbocycles. The Kier molecular flexibility index (Phi) is 8.64. The summed E-state index contributed by atoms with van der Waals surface area (Å²) in [5, 5.41) is 0. The molecule has 29 heavy (non-hydrogen) atoms. The van der Waals surface area contributed by atoms with Gasteiger partial charge in [-0.05, 0) is 35.2 Å². The third-order valence-electron chi connectivity index (χ3n) is 5.77. The third kappa shape index (κ3) is 6.95. The predicted molar refractivity (Wildman–Crippen MR) is 122 cm³/mol. The van der Waals surface area contributed by atoms with Gasteiger partial charge in [-0.2, -0.15) is 0 Å². The van der Waals surface area contributed by atoms with E-state index in [9.17, 15) is 0 Å². The lowest BCUT2D eigenvalue weighted by molar-refractivity contribution is -0.0309. The van der Waals surface area contributed by atoms with Crippen molar-refractivity contribution >= 4 is 5.57 Å². The van der Waals surface area contributed by atoms with Crippen molar-refractivity contribution in [2.24, 2.45) is 16.2 Å². The van der Waals surface area contributed by atoms with Crippen molar-refractivity contribution in [3.63, 3.8) is 0 Å². The summed E-state index contributed by atoms with van der Waals surface area (Å²) >= 11 is 0. The Morgan fingerprint density at radius 3 is 1.76 bits per heavy atom. The lowest BCUT2D eigenvalue weighted by Crippen LogP contribution is -2.40. The molecule has 1 atom stereocenters. The quantitative estimate of drug-likeness (QED) is 0.432. The van der Waals surface area contributed by atoms with Crippen LogP contribution in [-0.4, -0.2) is 34.5 Å². The Morgan fingerprint density at radius 2 is 1.38 bits per heavy atom. The van der Waals surface area contributed by atoms with E-state index in [4.69, 9.17) is 18.9 Å². The zero-order valence-electron chi connectivity index (χ0n) is 20.5. The highest BCUT2D eigenvalue weighted by Gasteiger charge is 2.40. The minimum absolute atomic E-state index is 0.0858. The molecule has 1 rings (SSSR count). The molecule has 4 heteroatoms. The minimum atomic E-state index is 0.0858. The van der Waals surface area contributed by atoms with Crippen molar-refractivity contribution < 1.29 is 18.9 Å². The van der Waals surface area contributed by atoms with Gasteiger partial charge in [-0.15, -0.1) is 0 Å². The first kappa shape index (κ1) is 25.4. The van der Waals surface area contributed by atoms with Crippen molar-refractivity contribution in [3.05, 3.63) is 23.8 Å². The third-order valence-corrected chi connectivity index (χ3v) is 5.77. The molecule has 0 amide bonds. The predicted octanol–water partition coefficient (Wildman–Crippen LogP) is 6.62. The molecule has 166 valence electrons. The highest BCUT2D eigenvalue weighted by atomic mass is 16.5. The molecule has 0 radical (unpaired) electrons. The van der Waals surface area contributed by atoms with Gasteiger partial charge in [-0.25, -0.2) is 0 Å². The van der Waals surface area contributed by atoms with E-state index in [1.54, 1.807) is 21.3 Å². The van der Waals surface area contributed by atoms with E-state index < -0.39 is 0 Å². The van der Waals surface area contributed by atoms with Gasteiger partial charge in [-0.3, -0.25) is 0 Å². The van der Waals surface area contributed by atoms with Crippen LogP contribution in [0.15, 0.2) is 18.2 Å². The number of allylic oxidation sites excluding steroid dienone is 1. The van der Waals surface area contributed by atoms with E-state index in [0.29, 0.717) is 19.0 Å². The first-order valence-electron chi connectivity index (χ1n) is 10.3. The highest BCUT2D eigenvalue weighted by Crippen LogP contribution is 2.46. The fraction of sp³-hybridized carbons (Fsp3) is 0.680. The number of benzene rings is 1. The molecule has 0 aromatic heterocycles. The summed E-state index contributed by atoms with van der Waals surface area (Å²) in [5.74, 6) is 2.15. The average molecular weight is 407 g/mol. The first-order chi connectivity index (χ1) is 13.3. The molecule has 1 aromatic rings. The van der Waals surface area contributed by atoms with Crippen LogP contribution in [0.4, 0.5) is 0 Å². The summed E-state index contributed by atoms with van der Waals surface area (Å²) in [4.78, 5) is 0. The van der Waals surface area contributed by atoms with Gasteiger partial charge in [-0.1, -0.05) is 54.5 Å². The largest absolute Gasteiger partial charge is 0.496 e. The Balaban J connectivity index is 2.99. The monoisotopic (exact) mass is 406 g/mol. The van der Waals surface area contributed by atoms with Crippen molar-refractivity contribution in [1.29, 1.82) is 0 Å². The van der Waals surface area contributed by atoms with Crippen LogP contribution < -0.4 is 14.2 Å². The molecule has 0 spiro atoms. The van der Waals surface area contributed by atoms with Crippen LogP contribution in [0.25, 0.3) is 5.57 Å². The molecular formula is C25H42O4. The maximum Gasteiger partial charge on any atom is 0.133 e. The van der Waals surface area contributed by atoms with E-state index in [1.165, 1.54) is 0 Å². The second kappa shape index (κ2) is 9.88. The standard InChI is InChI=1S/C25H42O4/c1-18(22-20(27-10)14-19(26-9)15-21(22)28-11)12-13-29-17-25(8,24(5,6)7)16-23(2,3)4/h12,14-15H,13,16-17H2,1-11H3/b18-12+. The van der Waals surface area contributed by atoms with Gasteiger partial charge in [0.2, 0.25) is 0 Å². The molecule has 0 aliphatic heterocycles. The average Bonchev–Trinajstić information content (AvgIpc) is 2.61.